The van der Waals surface area contributed by atoms with Crippen LogP contribution in [-0.2, 0) is 4.74 Å². The van der Waals surface area contributed by atoms with Crippen LogP contribution in [0.3, 0.4) is 0 Å². The highest BCUT2D eigenvalue weighted by molar-refractivity contribution is 4.80. The number of nitrogens with zero attached hydrogens (tertiary/aromatic N) is 1. The molecule has 0 N–H and O–H groups in total. The van der Waals surface area contributed by atoms with Crippen LogP contribution in [0.5, 0.6) is 0 Å². The molecule has 0 aromatic heterocycles. The minimum atomic E-state index is 0.597. The van der Waals surface area contributed by atoms with Crippen LogP contribution >= 0.6 is 0 Å². The molecule has 11 heavy (non-hydrogen) atoms. The van der Waals surface area contributed by atoms with E-state index in [-0.39, 0.29) is 0 Å². The number of hydrogen-bond acceptors (Lipinski definition) is 2. The number of fused-ring (bicyclic) bond motifs is 1. The fourth-order valence-corrected chi connectivity index (χ4v) is 2.28. The first-order valence-corrected chi connectivity index (χ1v) is 4.66. The van der Waals surface area contributed by atoms with Gasteiger partial charge in [-0.1, -0.05) is 12.8 Å². The Bertz CT molecular complexity index is 138. The predicted octanol–water partition coefficient (Wildman–Crippen LogP) is 1.46. The van der Waals surface area contributed by atoms with E-state index in [1.165, 1.54) is 32.2 Å². The van der Waals surface area contributed by atoms with E-state index in [9.17, 15) is 0 Å². The fourth-order valence-electron chi connectivity index (χ4n) is 2.28. The monoisotopic (exact) mass is 155 g/mol. The van der Waals surface area contributed by atoms with Crippen LogP contribution in [0.2, 0.25) is 0 Å². The third kappa shape index (κ3) is 1.57. The summed E-state index contributed by atoms with van der Waals surface area (Å²) >= 11 is 0. The summed E-state index contributed by atoms with van der Waals surface area (Å²) < 4.78 is 5.72. The van der Waals surface area contributed by atoms with Gasteiger partial charge in [-0.25, -0.2) is 0 Å². The molecule has 0 radical (unpaired) electrons. The van der Waals surface area contributed by atoms with Gasteiger partial charge in [-0.15, -0.1) is 0 Å². The quantitative estimate of drug-likeness (QED) is 0.525. The molecule has 0 aromatic carbocycles. The Balaban J connectivity index is 1.93. The summed E-state index contributed by atoms with van der Waals surface area (Å²) in [6.07, 6.45) is 6.08. The molecule has 1 heterocycles. The fraction of sp³-hybridized carbons (Fsp3) is 1.00. The molecule has 2 heteroatoms. The zero-order chi connectivity index (χ0) is 7.68. The zero-order valence-corrected chi connectivity index (χ0v) is 7.25. The normalized spacial score (nSPS) is 40.1. The Hall–Kier alpha value is -0.0800. The van der Waals surface area contributed by atoms with Crippen LogP contribution in [0.25, 0.3) is 0 Å². The van der Waals surface area contributed by atoms with Crippen molar-refractivity contribution in [3.05, 3.63) is 0 Å². The van der Waals surface area contributed by atoms with Crippen molar-refractivity contribution in [3.8, 4) is 0 Å². The zero-order valence-electron chi connectivity index (χ0n) is 7.25. The SMILES string of the molecule is CN1COC2CCCCC2C1. The second-order valence-corrected chi connectivity index (χ2v) is 3.92. The molecule has 2 atom stereocenters. The smallest absolute Gasteiger partial charge is 0.0991 e. The summed E-state index contributed by atoms with van der Waals surface area (Å²) in [5, 5.41) is 0. The second kappa shape index (κ2) is 3.11. The van der Waals surface area contributed by atoms with Gasteiger partial charge in [0, 0.05) is 6.54 Å². The minimum absolute atomic E-state index is 0.597. The van der Waals surface area contributed by atoms with E-state index in [1.54, 1.807) is 0 Å². The van der Waals surface area contributed by atoms with Gasteiger partial charge in [0.15, 0.2) is 0 Å². The molecule has 2 rings (SSSR count). The standard InChI is InChI=1S/C9H17NO/c1-10-6-8-4-2-3-5-9(8)11-7-10/h8-9H,2-7H2,1H3. The Labute approximate surface area is 68.5 Å². The molecule has 2 aliphatic rings. The molecule has 0 amide bonds. The van der Waals surface area contributed by atoms with Crippen LogP contribution in [0, 0.1) is 5.92 Å². The van der Waals surface area contributed by atoms with Crippen LogP contribution in [0.4, 0.5) is 0 Å². The predicted molar refractivity (Wildman–Crippen MR) is 44.3 cm³/mol. The van der Waals surface area contributed by atoms with E-state index in [1.807, 2.05) is 0 Å². The van der Waals surface area contributed by atoms with Gasteiger partial charge in [0.1, 0.15) is 0 Å². The number of rotatable bonds is 0. The number of hydrogen-bond donors (Lipinski definition) is 0. The minimum Gasteiger partial charge on any atom is -0.363 e. The second-order valence-electron chi connectivity index (χ2n) is 3.92. The molecule has 1 aliphatic carbocycles. The van der Waals surface area contributed by atoms with E-state index in [0.717, 1.165) is 12.6 Å². The van der Waals surface area contributed by atoms with Crippen molar-refractivity contribution in [1.82, 2.24) is 4.90 Å². The average molecular weight is 155 g/mol. The summed E-state index contributed by atoms with van der Waals surface area (Å²) in [6.45, 7) is 2.10. The van der Waals surface area contributed by atoms with E-state index in [2.05, 4.69) is 11.9 Å². The maximum absolute atomic E-state index is 5.72. The first-order chi connectivity index (χ1) is 5.36. The lowest BCUT2D eigenvalue weighted by Crippen LogP contribution is -2.44. The molecule has 64 valence electrons. The number of ether oxygens (including phenoxy) is 1. The highest BCUT2D eigenvalue weighted by Gasteiger charge is 2.30. The summed E-state index contributed by atoms with van der Waals surface area (Å²) in [5.74, 6) is 0.836. The van der Waals surface area contributed by atoms with Gasteiger partial charge >= 0.3 is 0 Å². The highest BCUT2D eigenvalue weighted by Crippen LogP contribution is 2.29. The van der Waals surface area contributed by atoms with Gasteiger partial charge in [0.05, 0.1) is 12.8 Å². The summed E-state index contributed by atoms with van der Waals surface area (Å²) in [7, 11) is 2.14. The van der Waals surface area contributed by atoms with E-state index < -0.39 is 0 Å². The van der Waals surface area contributed by atoms with Crippen LogP contribution in [-0.4, -0.2) is 31.3 Å². The van der Waals surface area contributed by atoms with Gasteiger partial charge in [0.25, 0.3) is 0 Å². The van der Waals surface area contributed by atoms with Gasteiger partial charge in [0.2, 0.25) is 0 Å². The maximum atomic E-state index is 5.72. The largest absolute Gasteiger partial charge is 0.363 e. The third-order valence-electron chi connectivity index (χ3n) is 2.89. The van der Waals surface area contributed by atoms with Crippen molar-refractivity contribution < 1.29 is 4.74 Å². The Morgan fingerprint density at radius 2 is 2.09 bits per heavy atom. The van der Waals surface area contributed by atoms with E-state index in [4.69, 9.17) is 4.74 Å². The lowest BCUT2D eigenvalue weighted by Gasteiger charge is -2.39. The highest BCUT2D eigenvalue weighted by atomic mass is 16.5. The molecule has 0 bridgehead atoms. The van der Waals surface area contributed by atoms with Crippen molar-refractivity contribution in [1.29, 1.82) is 0 Å². The van der Waals surface area contributed by atoms with Crippen LogP contribution in [0.15, 0.2) is 0 Å². The molecule has 2 unspecified atom stereocenters. The first-order valence-electron chi connectivity index (χ1n) is 4.66. The molecule has 0 aromatic rings. The van der Waals surface area contributed by atoms with Gasteiger partial charge in [-0.3, -0.25) is 4.90 Å². The first kappa shape index (κ1) is 7.56. The Morgan fingerprint density at radius 3 is 3.00 bits per heavy atom. The van der Waals surface area contributed by atoms with Crippen LogP contribution in [0.1, 0.15) is 25.7 Å². The average Bonchev–Trinajstić information content (AvgIpc) is 2.04. The molecule has 0 spiro atoms. The molecule has 2 fully saturated rings. The van der Waals surface area contributed by atoms with E-state index in [0.29, 0.717) is 6.10 Å². The molecular formula is C9H17NO. The van der Waals surface area contributed by atoms with Crippen molar-refractivity contribution in [3.63, 3.8) is 0 Å². The van der Waals surface area contributed by atoms with Crippen molar-refractivity contribution in [2.75, 3.05) is 20.3 Å². The van der Waals surface area contributed by atoms with E-state index >= 15 is 0 Å². The van der Waals surface area contributed by atoms with Crippen molar-refractivity contribution in [2.45, 2.75) is 31.8 Å². The Kier molecular flexibility index (Phi) is 2.14. The topological polar surface area (TPSA) is 12.5 Å². The maximum Gasteiger partial charge on any atom is 0.0991 e. The lowest BCUT2D eigenvalue weighted by molar-refractivity contribution is -0.108. The molecule has 1 saturated heterocycles. The molecule has 1 aliphatic heterocycles. The summed E-state index contributed by atoms with van der Waals surface area (Å²) in [6, 6.07) is 0. The van der Waals surface area contributed by atoms with Crippen molar-refractivity contribution in [2.24, 2.45) is 5.92 Å². The van der Waals surface area contributed by atoms with Gasteiger partial charge in [-0.2, -0.15) is 0 Å². The lowest BCUT2D eigenvalue weighted by atomic mass is 9.85. The third-order valence-corrected chi connectivity index (χ3v) is 2.89. The molecule has 2 nitrogen and oxygen atoms in total. The van der Waals surface area contributed by atoms with Crippen molar-refractivity contribution >= 4 is 0 Å². The van der Waals surface area contributed by atoms with Gasteiger partial charge < -0.3 is 4.74 Å². The summed E-state index contributed by atoms with van der Waals surface area (Å²) in [5.41, 5.74) is 0. The Morgan fingerprint density at radius 1 is 1.27 bits per heavy atom. The summed E-state index contributed by atoms with van der Waals surface area (Å²) in [4.78, 5) is 2.28. The van der Waals surface area contributed by atoms with Gasteiger partial charge in [-0.05, 0) is 25.8 Å². The molecular weight excluding hydrogens is 138 g/mol. The molecule has 1 saturated carbocycles. The van der Waals surface area contributed by atoms with Crippen LogP contribution < -0.4 is 0 Å².